The highest BCUT2D eigenvalue weighted by atomic mass is 32.2. The van der Waals surface area contributed by atoms with E-state index in [4.69, 9.17) is 0 Å². The maximum absolute atomic E-state index is 13.2. The van der Waals surface area contributed by atoms with E-state index in [0.29, 0.717) is 29.7 Å². The van der Waals surface area contributed by atoms with Crippen molar-refractivity contribution >= 4 is 38.2 Å². The van der Waals surface area contributed by atoms with Crippen LogP contribution in [0.2, 0.25) is 0 Å². The van der Waals surface area contributed by atoms with E-state index in [9.17, 15) is 18.0 Å². The summed E-state index contributed by atoms with van der Waals surface area (Å²) in [5, 5.41) is 3.21. The highest BCUT2D eigenvalue weighted by Crippen LogP contribution is 2.27. The van der Waals surface area contributed by atoms with Gasteiger partial charge in [0.25, 0.3) is 0 Å². The standard InChI is InChI=1S/C24H29N3O4S/c1-5-26(6-2)24(29)15-27-14-22(19-9-7-8-10-21(19)27)32(30,31)16-23(28)25-20-13-17(3)11-12-18(20)4/h7-14H,5-6,15-16H2,1-4H3,(H,25,28). The number of nitrogens with zero attached hydrogens (tertiary/aromatic N) is 2. The zero-order valence-corrected chi connectivity index (χ0v) is 19.7. The van der Waals surface area contributed by atoms with Gasteiger partial charge in [0, 0.05) is 35.9 Å². The third-order valence-corrected chi connectivity index (χ3v) is 7.13. The van der Waals surface area contributed by atoms with Crippen LogP contribution < -0.4 is 5.32 Å². The van der Waals surface area contributed by atoms with Crippen molar-refractivity contribution in [3.8, 4) is 0 Å². The minimum Gasteiger partial charge on any atom is -0.342 e. The van der Waals surface area contributed by atoms with E-state index in [2.05, 4.69) is 5.32 Å². The van der Waals surface area contributed by atoms with E-state index in [1.54, 1.807) is 33.7 Å². The van der Waals surface area contributed by atoms with Crippen LogP contribution in [0.3, 0.4) is 0 Å². The summed E-state index contributed by atoms with van der Waals surface area (Å²) in [6.07, 6.45) is 1.46. The monoisotopic (exact) mass is 455 g/mol. The summed E-state index contributed by atoms with van der Waals surface area (Å²) in [5.41, 5.74) is 3.06. The summed E-state index contributed by atoms with van der Waals surface area (Å²) < 4.78 is 28.0. The molecule has 32 heavy (non-hydrogen) atoms. The molecule has 1 heterocycles. The van der Waals surface area contributed by atoms with E-state index in [-0.39, 0.29) is 17.3 Å². The normalized spacial score (nSPS) is 11.5. The topological polar surface area (TPSA) is 88.5 Å². The van der Waals surface area contributed by atoms with Crippen LogP contribution in [-0.2, 0) is 26.0 Å². The Morgan fingerprint density at radius 2 is 1.72 bits per heavy atom. The molecule has 8 heteroatoms. The van der Waals surface area contributed by atoms with Crippen molar-refractivity contribution in [1.29, 1.82) is 0 Å². The summed E-state index contributed by atoms with van der Waals surface area (Å²) in [4.78, 5) is 27.0. The lowest BCUT2D eigenvalue weighted by atomic mass is 10.1. The summed E-state index contributed by atoms with van der Waals surface area (Å²) in [6, 6.07) is 12.6. The fourth-order valence-corrected chi connectivity index (χ4v) is 5.09. The molecule has 170 valence electrons. The molecule has 0 aliphatic rings. The van der Waals surface area contributed by atoms with Gasteiger partial charge in [-0.3, -0.25) is 9.59 Å². The molecule has 3 aromatic rings. The number of aryl methyl sites for hydroxylation is 2. The fraction of sp³-hybridized carbons (Fsp3) is 0.333. The number of para-hydroxylation sites is 1. The smallest absolute Gasteiger partial charge is 0.242 e. The van der Waals surface area contributed by atoms with Gasteiger partial charge < -0.3 is 14.8 Å². The SMILES string of the molecule is CCN(CC)C(=O)Cn1cc(S(=O)(=O)CC(=O)Nc2cc(C)ccc2C)c2ccccc21. The summed E-state index contributed by atoms with van der Waals surface area (Å²) in [6.45, 7) is 8.76. The number of anilines is 1. The molecule has 0 unspecified atom stereocenters. The number of amides is 2. The first kappa shape index (κ1) is 23.5. The Morgan fingerprint density at radius 3 is 2.41 bits per heavy atom. The Kier molecular flexibility index (Phi) is 7.03. The number of hydrogen-bond donors (Lipinski definition) is 1. The van der Waals surface area contributed by atoms with Gasteiger partial charge in [0.2, 0.25) is 11.8 Å². The van der Waals surface area contributed by atoms with Crippen LogP contribution in [0.1, 0.15) is 25.0 Å². The molecular formula is C24H29N3O4S. The number of hydrogen-bond acceptors (Lipinski definition) is 4. The molecule has 0 fully saturated rings. The summed E-state index contributed by atoms with van der Waals surface area (Å²) in [7, 11) is -3.93. The second kappa shape index (κ2) is 9.56. The predicted octanol–water partition coefficient (Wildman–Crippen LogP) is 3.54. The van der Waals surface area contributed by atoms with Gasteiger partial charge in [0.05, 0.1) is 4.90 Å². The van der Waals surface area contributed by atoms with Gasteiger partial charge in [-0.25, -0.2) is 8.42 Å². The van der Waals surface area contributed by atoms with Crippen LogP contribution in [0.15, 0.2) is 53.6 Å². The van der Waals surface area contributed by atoms with Gasteiger partial charge in [-0.15, -0.1) is 0 Å². The second-order valence-electron chi connectivity index (χ2n) is 7.83. The third-order valence-electron chi connectivity index (χ3n) is 5.50. The van der Waals surface area contributed by atoms with Crippen molar-refractivity contribution < 1.29 is 18.0 Å². The number of rotatable bonds is 8. The Morgan fingerprint density at radius 1 is 1.03 bits per heavy atom. The van der Waals surface area contributed by atoms with Crippen molar-refractivity contribution in [2.75, 3.05) is 24.2 Å². The Labute approximate surface area is 188 Å². The molecule has 0 saturated heterocycles. The number of nitrogens with one attached hydrogen (secondary N) is 1. The minimum atomic E-state index is -3.93. The van der Waals surface area contributed by atoms with Gasteiger partial charge >= 0.3 is 0 Å². The Balaban J connectivity index is 1.90. The number of carbonyl (C=O) groups excluding carboxylic acids is 2. The van der Waals surface area contributed by atoms with Crippen LogP contribution in [-0.4, -0.2) is 48.5 Å². The minimum absolute atomic E-state index is 0.0341. The Hall–Kier alpha value is -3.13. The molecule has 7 nitrogen and oxygen atoms in total. The lowest BCUT2D eigenvalue weighted by molar-refractivity contribution is -0.131. The zero-order valence-electron chi connectivity index (χ0n) is 18.9. The maximum Gasteiger partial charge on any atom is 0.242 e. The van der Waals surface area contributed by atoms with Crippen molar-refractivity contribution in [3.05, 3.63) is 59.8 Å². The van der Waals surface area contributed by atoms with Crippen LogP contribution >= 0.6 is 0 Å². The number of likely N-dealkylation sites (N-methyl/N-ethyl adjacent to an activating group) is 1. The van der Waals surface area contributed by atoms with Gasteiger partial charge in [-0.1, -0.05) is 30.3 Å². The number of fused-ring (bicyclic) bond motifs is 1. The number of sulfone groups is 1. The highest BCUT2D eigenvalue weighted by Gasteiger charge is 2.25. The van der Waals surface area contributed by atoms with Gasteiger partial charge in [-0.05, 0) is 51.0 Å². The van der Waals surface area contributed by atoms with E-state index in [0.717, 1.165) is 11.1 Å². The average Bonchev–Trinajstić information content (AvgIpc) is 3.11. The van der Waals surface area contributed by atoms with E-state index in [1.807, 2.05) is 45.9 Å². The molecule has 0 spiro atoms. The molecule has 0 radical (unpaired) electrons. The lowest BCUT2D eigenvalue weighted by Crippen LogP contribution is -2.33. The van der Waals surface area contributed by atoms with Crippen molar-refractivity contribution in [2.24, 2.45) is 0 Å². The van der Waals surface area contributed by atoms with Crippen molar-refractivity contribution in [3.63, 3.8) is 0 Å². The quantitative estimate of drug-likeness (QED) is 0.563. The number of aromatic nitrogens is 1. The molecular weight excluding hydrogens is 426 g/mol. The van der Waals surface area contributed by atoms with Gasteiger partial charge in [0.15, 0.2) is 9.84 Å². The van der Waals surface area contributed by atoms with Crippen LogP contribution in [0.5, 0.6) is 0 Å². The molecule has 2 amide bonds. The first-order chi connectivity index (χ1) is 15.2. The molecule has 0 atom stereocenters. The molecule has 1 N–H and O–H groups in total. The molecule has 0 saturated carbocycles. The fourth-order valence-electron chi connectivity index (χ4n) is 3.72. The molecule has 1 aromatic heterocycles. The maximum atomic E-state index is 13.2. The van der Waals surface area contributed by atoms with Gasteiger partial charge in [-0.2, -0.15) is 0 Å². The predicted molar refractivity (Wildman–Crippen MR) is 126 cm³/mol. The summed E-state index contributed by atoms with van der Waals surface area (Å²) >= 11 is 0. The molecule has 0 aliphatic carbocycles. The first-order valence-electron chi connectivity index (χ1n) is 10.6. The molecule has 2 aromatic carbocycles. The van der Waals surface area contributed by atoms with Crippen molar-refractivity contribution in [1.82, 2.24) is 9.47 Å². The number of carbonyl (C=O) groups is 2. The Bertz CT molecular complexity index is 1260. The van der Waals surface area contributed by atoms with Crippen LogP contribution in [0.25, 0.3) is 10.9 Å². The molecule has 3 rings (SSSR count). The van der Waals surface area contributed by atoms with E-state index in [1.165, 1.54) is 6.20 Å². The average molecular weight is 456 g/mol. The van der Waals surface area contributed by atoms with Gasteiger partial charge in [0.1, 0.15) is 12.3 Å². The second-order valence-corrected chi connectivity index (χ2v) is 9.79. The lowest BCUT2D eigenvalue weighted by Gasteiger charge is -2.19. The zero-order chi connectivity index (χ0) is 23.5. The molecule has 0 aliphatic heterocycles. The molecule has 0 bridgehead atoms. The third kappa shape index (κ3) is 5.02. The van der Waals surface area contributed by atoms with Crippen molar-refractivity contribution in [2.45, 2.75) is 39.1 Å². The van der Waals surface area contributed by atoms with E-state index < -0.39 is 21.5 Å². The highest BCUT2D eigenvalue weighted by molar-refractivity contribution is 7.92. The van der Waals surface area contributed by atoms with Crippen LogP contribution in [0, 0.1) is 13.8 Å². The van der Waals surface area contributed by atoms with Crippen LogP contribution in [0.4, 0.5) is 5.69 Å². The summed E-state index contributed by atoms with van der Waals surface area (Å²) in [5.74, 6) is -1.37. The number of benzene rings is 2. The first-order valence-corrected chi connectivity index (χ1v) is 12.3. The largest absolute Gasteiger partial charge is 0.342 e. The van der Waals surface area contributed by atoms with E-state index >= 15 is 0 Å².